The zero-order valence-electron chi connectivity index (χ0n) is 13.5. The van der Waals surface area contributed by atoms with Crippen LogP contribution in [0, 0.1) is 5.92 Å². The monoisotopic (exact) mass is 358 g/mol. The maximum absolute atomic E-state index is 12.6. The molecule has 0 spiro atoms. The van der Waals surface area contributed by atoms with Crippen molar-refractivity contribution in [2.75, 3.05) is 26.2 Å². The number of rotatable bonds is 5. The summed E-state index contributed by atoms with van der Waals surface area (Å²) >= 11 is 5.81. The van der Waals surface area contributed by atoms with Gasteiger partial charge in [-0.25, -0.2) is 8.42 Å². The number of benzene rings is 1. The summed E-state index contributed by atoms with van der Waals surface area (Å²) in [6.45, 7) is 5.57. The number of carbonyl (C=O) groups is 1. The Kier molecular flexibility index (Phi) is 6.06. The van der Waals surface area contributed by atoms with Crippen LogP contribution in [0.4, 0.5) is 0 Å². The molecule has 1 aromatic carbocycles. The molecule has 0 saturated carbocycles. The van der Waals surface area contributed by atoms with Crippen molar-refractivity contribution in [2.45, 2.75) is 31.6 Å². The van der Waals surface area contributed by atoms with Crippen molar-refractivity contribution in [2.24, 2.45) is 5.92 Å². The summed E-state index contributed by atoms with van der Waals surface area (Å²) < 4.78 is 26.6. The second kappa shape index (κ2) is 7.64. The van der Waals surface area contributed by atoms with Gasteiger partial charge in [0.05, 0.1) is 4.90 Å². The van der Waals surface area contributed by atoms with Gasteiger partial charge < -0.3 is 4.90 Å². The van der Waals surface area contributed by atoms with E-state index >= 15 is 0 Å². The molecule has 0 atom stereocenters. The number of piperazine rings is 1. The van der Waals surface area contributed by atoms with E-state index in [1.165, 1.54) is 16.4 Å². The predicted octanol–water partition coefficient (Wildman–Crippen LogP) is 2.61. The first-order valence-electron chi connectivity index (χ1n) is 7.94. The molecule has 23 heavy (non-hydrogen) atoms. The van der Waals surface area contributed by atoms with E-state index < -0.39 is 10.0 Å². The Balaban J connectivity index is 2.03. The summed E-state index contributed by atoms with van der Waals surface area (Å²) in [6, 6.07) is 6.17. The number of carbonyl (C=O) groups excluding carboxylic acids is 1. The zero-order valence-corrected chi connectivity index (χ0v) is 15.1. The molecule has 0 bridgehead atoms. The van der Waals surface area contributed by atoms with Gasteiger partial charge in [-0.2, -0.15) is 4.31 Å². The number of halogens is 1. The summed E-state index contributed by atoms with van der Waals surface area (Å²) in [7, 11) is -3.52. The average molecular weight is 359 g/mol. The van der Waals surface area contributed by atoms with Crippen LogP contribution < -0.4 is 0 Å². The van der Waals surface area contributed by atoms with E-state index in [1.54, 1.807) is 17.0 Å². The molecule has 1 fully saturated rings. The van der Waals surface area contributed by atoms with Crippen molar-refractivity contribution in [3.63, 3.8) is 0 Å². The topological polar surface area (TPSA) is 57.7 Å². The van der Waals surface area contributed by atoms with Gasteiger partial charge in [0.1, 0.15) is 0 Å². The highest BCUT2D eigenvalue weighted by molar-refractivity contribution is 7.89. The number of sulfonamides is 1. The normalized spacial score (nSPS) is 16.8. The second-order valence-corrected chi connectivity index (χ2v) is 8.07. The summed E-state index contributed by atoms with van der Waals surface area (Å²) in [5.41, 5.74) is 0. The first-order valence-corrected chi connectivity index (χ1v) is 9.76. The van der Waals surface area contributed by atoms with Gasteiger partial charge in [-0.15, -0.1) is 0 Å². The van der Waals surface area contributed by atoms with E-state index in [-0.39, 0.29) is 16.7 Å². The Bertz CT molecular complexity index is 634. The largest absolute Gasteiger partial charge is 0.340 e. The van der Waals surface area contributed by atoms with Gasteiger partial charge >= 0.3 is 0 Å². The van der Waals surface area contributed by atoms with Crippen LogP contribution in [0.3, 0.4) is 0 Å². The fraction of sp³-hybridized carbons (Fsp3) is 0.562. The van der Waals surface area contributed by atoms with Crippen molar-refractivity contribution >= 4 is 27.5 Å². The third-order valence-electron chi connectivity index (χ3n) is 4.34. The average Bonchev–Trinajstić information content (AvgIpc) is 2.56. The quantitative estimate of drug-likeness (QED) is 0.813. The van der Waals surface area contributed by atoms with Crippen LogP contribution in [0.2, 0.25) is 5.02 Å². The molecule has 1 saturated heterocycles. The predicted molar refractivity (Wildman–Crippen MR) is 90.9 cm³/mol. The summed E-state index contributed by atoms with van der Waals surface area (Å²) in [4.78, 5) is 14.4. The Hall–Kier alpha value is -1.11. The van der Waals surface area contributed by atoms with Crippen LogP contribution in [-0.4, -0.2) is 49.7 Å². The van der Waals surface area contributed by atoms with Crippen LogP contribution in [0.5, 0.6) is 0 Å². The van der Waals surface area contributed by atoms with Gasteiger partial charge in [-0.1, -0.05) is 25.4 Å². The third kappa shape index (κ3) is 4.05. The zero-order chi connectivity index (χ0) is 17.0. The lowest BCUT2D eigenvalue weighted by molar-refractivity contribution is -0.136. The molecule has 1 amide bonds. The van der Waals surface area contributed by atoms with Gasteiger partial charge in [0.2, 0.25) is 15.9 Å². The first kappa shape index (κ1) is 18.2. The van der Waals surface area contributed by atoms with E-state index in [0.29, 0.717) is 31.2 Å². The lowest BCUT2D eigenvalue weighted by atomic mass is 10.0. The Morgan fingerprint density at radius 1 is 1.09 bits per heavy atom. The van der Waals surface area contributed by atoms with Gasteiger partial charge in [-0.05, 0) is 37.1 Å². The van der Waals surface area contributed by atoms with Crippen molar-refractivity contribution in [1.82, 2.24) is 9.21 Å². The third-order valence-corrected chi connectivity index (χ3v) is 6.50. The number of amides is 1. The van der Waals surface area contributed by atoms with Crippen molar-refractivity contribution in [3.8, 4) is 0 Å². The molecule has 0 aromatic heterocycles. The molecule has 1 heterocycles. The summed E-state index contributed by atoms with van der Waals surface area (Å²) in [5, 5.41) is 0.504. The SMILES string of the molecule is CCC(CC)C(=O)N1CCN(S(=O)(=O)c2ccc(Cl)cc2)CC1. The molecule has 2 rings (SSSR count). The van der Waals surface area contributed by atoms with Crippen molar-refractivity contribution < 1.29 is 13.2 Å². The highest BCUT2D eigenvalue weighted by Crippen LogP contribution is 2.21. The molecule has 0 aliphatic carbocycles. The number of hydrogen-bond acceptors (Lipinski definition) is 3. The molecule has 5 nitrogen and oxygen atoms in total. The molecule has 7 heteroatoms. The molecule has 128 valence electrons. The molecule has 1 aliphatic heterocycles. The van der Waals surface area contributed by atoms with E-state index in [1.807, 2.05) is 13.8 Å². The van der Waals surface area contributed by atoms with E-state index in [9.17, 15) is 13.2 Å². The minimum absolute atomic E-state index is 0.0365. The molecule has 0 N–H and O–H groups in total. The first-order chi connectivity index (χ1) is 10.9. The highest BCUT2D eigenvalue weighted by Gasteiger charge is 2.31. The van der Waals surface area contributed by atoms with E-state index in [0.717, 1.165) is 12.8 Å². The molecule has 1 aromatic rings. The lowest BCUT2D eigenvalue weighted by Gasteiger charge is -2.35. The molecule has 1 aliphatic rings. The molecular formula is C16H23ClN2O3S. The van der Waals surface area contributed by atoms with Crippen LogP contribution in [0.1, 0.15) is 26.7 Å². The maximum atomic E-state index is 12.6. The Morgan fingerprint density at radius 3 is 2.09 bits per heavy atom. The van der Waals surface area contributed by atoms with Crippen LogP contribution in [0.15, 0.2) is 29.2 Å². The molecule has 0 radical (unpaired) electrons. The lowest BCUT2D eigenvalue weighted by Crippen LogP contribution is -2.51. The fourth-order valence-electron chi connectivity index (χ4n) is 2.80. The van der Waals surface area contributed by atoms with Gasteiger partial charge in [-0.3, -0.25) is 4.79 Å². The van der Waals surface area contributed by atoms with Crippen LogP contribution in [-0.2, 0) is 14.8 Å². The van der Waals surface area contributed by atoms with Gasteiger partial charge in [0.15, 0.2) is 0 Å². The minimum Gasteiger partial charge on any atom is -0.340 e. The van der Waals surface area contributed by atoms with Gasteiger partial charge in [0, 0.05) is 37.1 Å². The van der Waals surface area contributed by atoms with Crippen LogP contribution in [0.25, 0.3) is 0 Å². The number of hydrogen-bond donors (Lipinski definition) is 0. The summed E-state index contributed by atoms with van der Waals surface area (Å²) in [6.07, 6.45) is 1.64. The van der Waals surface area contributed by atoms with Crippen molar-refractivity contribution in [1.29, 1.82) is 0 Å². The highest BCUT2D eigenvalue weighted by atomic mass is 35.5. The smallest absolute Gasteiger partial charge is 0.243 e. The second-order valence-electron chi connectivity index (χ2n) is 5.70. The fourth-order valence-corrected chi connectivity index (χ4v) is 4.35. The summed E-state index contributed by atoms with van der Waals surface area (Å²) in [5.74, 6) is 0.174. The van der Waals surface area contributed by atoms with E-state index in [4.69, 9.17) is 11.6 Å². The van der Waals surface area contributed by atoms with Gasteiger partial charge in [0.25, 0.3) is 0 Å². The van der Waals surface area contributed by atoms with Crippen molar-refractivity contribution in [3.05, 3.63) is 29.3 Å². The molecule has 0 unspecified atom stereocenters. The van der Waals surface area contributed by atoms with Crippen LogP contribution >= 0.6 is 11.6 Å². The van der Waals surface area contributed by atoms with E-state index in [2.05, 4.69) is 0 Å². The standard InChI is InChI=1S/C16H23ClN2O3S/c1-3-13(4-2)16(20)18-9-11-19(12-10-18)23(21,22)15-7-5-14(17)6-8-15/h5-8,13H,3-4,9-12H2,1-2H3. The number of nitrogens with zero attached hydrogens (tertiary/aromatic N) is 2. The Morgan fingerprint density at radius 2 is 1.61 bits per heavy atom. The maximum Gasteiger partial charge on any atom is 0.243 e. The Labute approximate surface area is 143 Å². The molecular weight excluding hydrogens is 336 g/mol. The minimum atomic E-state index is -3.52.